The first-order chi connectivity index (χ1) is 12.2. The van der Waals surface area contributed by atoms with E-state index in [-0.39, 0.29) is 12.3 Å². The fourth-order valence-electron chi connectivity index (χ4n) is 2.41. The molecule has 0 saturated heterocycles. The number of hydrogen-bond donors (Lipinski definition) is 0. The lowest BCUT2D eigenvalue weighted by Gasteiger charge is -2.28. The van der Waals surface area contributed by atoms with Crippen LogP contribution in [0.3, 0.4) is 0 Å². The summed E-state index contributed by atoms with van der Waals surface area (Å²) in [7, 11) is 3.73. The van der Waals surface area contributed by atoms with Crippen molar-refractivity contribution in [3.8, 4) is 5.75 Å². The second kappa shape index (κ2) is 10.2. The molecule has 1 aromatic carbocycles. The fourth-order valence-corrected chi connectivity index (χ4v) is 2.41. The van der Waals surface area contributed by atoms with Gasteiger partial charge in [-0.3, -0.25) is 9.80 Å². The van der Waals surface area contributed by atoms with E-state index in [0.29, 0.717) is 0 Å². The van der Waals surface area contributed by atoms with Crippen molar-refractivity contribution >= 4 is 11.8 Å². The molecule has 0 fully saturated rings. The molecule has 0 spiro atoms. The van der Waals surface area contributed by atoms with Gasteiger partial charge in [-0.05, 0) is 64.9 Å². The van der Waals surface area contributed by atoms with Crippen molar-refractivity contribution in [1.82, 2.24) is 4.90 Å². The van der Waals surface area contributed by atoms with Gasteiger partial charge in [-0.25, -0.2) is 4.79 Å². The standard InChI is InChI=1S/C21H34N2O3/c1-8-10-11-19(22(6)16-9-2)25-18-14-12-17(13-15-18)23(7)20(24)26-21(3,4)5/h9,12-15,19H,2,8,10-11,16H2,1,3-7H3. The molecule has 0 aliphatic carbocycles. The van der Waals surface area contributed by atoms with E-state index in [1.807, 2.05) is 58.2 Å². The number of rotatable bonds is 9. The van der Waals surface area contributed by atoms with Gasteiger partial charge >= 0.3 is 6.09 Å². The van der Waals surface area contributed by atoms with Crippen molar-refractivity contribution in [2.45, 2.75) is 58.8 Å². The van der Waals surface area contributed by atoms with Gasteiger partial charge in [0.05, 0.1) is 0 Å². The number of benzene rings is 1. The second-order valence-electron chi connectivity index (χ2n) is 7.48. The Morgan fingerprint density at radius 2 is 1.85 bits per heavy atom. The van der Waals surface area contributed by atoms with Crippen molar-refractivity contribution in [3.63, 3.8) is 0 Å². The van der Waals surface area contributed by atoms with Crippen LogP contribution in [0, 0.1) is 0 Å². The smallest absolute Gasteiger partial charge is 0.414 e. The van der Waals surface area contributed by atoms with Crippen LogP contribution in [-0.2, 0) is 4.74 Å². The van der Waals surface area contributed by atoms with Gasteiger partial charge in [-0.1, -0.05) is 19.4 Å². The summed E-state index contributed by atoms with van der Waals surface area (Å²) < 4.78 is 11.5. The Kier molecular flexibility index (Phi) is 8.66. The summed E-state index contributed by atoms with van der Waals surface area (Å²) in [6, 6.07) is 7.50. The van der Waals surface area contributed by atoms with Crippen molar-refractivity contribution in [2.24, 2.45) is 0 Å². The molecule has 0 aromatic heterocycles. The molecule has 0 bridgehead atoms. The van der Waals surface area contributed by atoms with Gasteiger partial charge in [0.15, 0.2) is 6.23 Å². The lowest BCUT2D eigenvalue weighted by atomic mass is 10.2. The summed E-state index contributed by atoms with van der Waals surface area (Å²) in [5, 5.41) is 0. The molecule has 5 heteroatoms. The van der Waals surface area contributed by atoms with Crippen LogP contribution in [0.4, 0.5) is 10.5 Å². The summed E-state index contributed by atoms with van der Waals surface area (Å²) in [4.78, 5) is 15.8. The number of anilines is 1. The highest BCUT2D eigenvalue weighted by Gasteiger charge is 2.21. The average Bonchev–Trinajstić information content (AvgIpc) is 2.57. The summed E-state index contributed by atoms with van der Waals surface area (Å²) in [5.41, 5.74) is 0.243. The molecule has 5 nitrogen and oxygen atoms in total. The van der Waals surface area contributed by atoms with Gasteiger partial charge in [-0.2, -0.15) is 0 Å². The van der Waals surface area contributed by atoms with E-state index in [0.717, 1.165) is 37.2 Å². The normalized spacial score (nSPS) is 12.6. The number of hydrogen-bond acceptors (Lipinski definition) is 4. The molecule has 1 unspecified atom stereocenters. The zero-order valence-electron chi connectivity index (χ0n) is 17.1. The molecule has 0 radical (unpaired) electrons. The maximum atomic E-state index is 12.2. The number of unbranched alkanes of at least 4 members (excludes halogenated alkanes) is 1. The fraction of sp³-hybridized carbons (Fsp3) is 0.571. The first-order valence-corrected chi connectivity index (χ1v) is 9.22. The molecule has 0 aliphatic rings. The first kappa shape index (κ1) is 22.0. The average molecular weight is 363 g/mol. The molecule has 1 amide bonds. The third kappa shape index (κ3) is 7.48. The van der Waals surface area contributed by atoms with E-state index in [1.54, 1.807) is 7.05 Å². The Morgan fingerprint density at radius 3 is 2.35 bits per heavy atom. The van der Waals surface area contributed by atoms with E-state index in [9.17, 15) is 4.79 Å². The molecule has 1 rings (SSSR count). The third-order valence-electron chi connectivity index (χ3n) is 3.88. The van der Waals surface area contributed by atoms with Gasteiger partial charge in [0.25, 0.3) is 0 Å². The molecule has 0 N–H and O–H groups in total. The van der Waals surface area contributed by atoms with Crippen LogP contribution < -0.4 is 9.64 Å². The van der Waals surface area contributed by atoms with Gasteiger partial charge in [-0.15, -0.1) is 6.58 Å². The third-order valence-corrected chi connectivity index (χ3v) is 3.88. The van der Waals surface area contributed by atoms with Crippen LogP contribution >= 0.6 is 0 Å². The van der Waals surface area contributed by atoms with Crippen LogP contribution in [0.1, 0.15) is 47.0 Å². The van der Waals surface area contributed by atoms with E-state index in [2.05, 4.69) is 18.4 Å². The second-order valence-corrected chi connectivity index (χ2v) is 7.48. The van der Waals surface area contributed by atoms with Gasteiger partial charge in [0.1, 0.15) is 11.4 Å². The van der Waals surface area contributed by atoms with Gasteiger partial charge in [0.2, 0.25) is 0 Å². The zero-order valence-corrected chi connectivity index (χ0v) is 17.1. The number of carbonyl (C=O) groups excluding carboxylic acids is 1. The molecule has 0 aliphatic heterocycles. The summed E-state index contributed by atoms with van der Waals surface area (Å²) in [5.74, 6) is 0.781. The van der Waals surface area contributed by atoms with Crippen LogP contribution in [-0.4, -0.2) is 43.5 Å². The minimum Gasteiger partial charge on any atom is -0.475 e. The minimum atomic E-state index is -0.517. The molecule has 1 atom stereocenters. The number of nitrogens with zero attached hydrogens (tertiary/aromatic N) is 2. The van der Waals surface area contributed by atoms with E-state index >= 15 is 0 Å². The predicted molar refractivity (Wildman–Crippen MR) is 108 cm³/mol. The Labute approximate surface area is 158 Å². The Bertz CT molecular complexity index is 564. The zero-order chi connectivity index (χ0) is 19.7. The van der Waals surface area contributed by atoms with Crippen LogP contribution in [0.25, 0.3) is 0 Å². The lowest BCUT2D eigenvalue weighted by molar-refractivity contribution is 0.0444. The monoisotopic (exact) mass is 362 g/mol. The Hall–Kier alpha value is -2.01. The molecule has 146 valence electrons. The van der Waals surface area contributed by atoms with Crippen LogP contribution in [0.5, 0.6) is 5.75 Å². The molecule has 0 heterocycles. The Balaban J connectivity index is 2.77. The van der Waals surface area contributed by atoms with Gasteiger partial charge in [0, 0.05) is 19.3 Å². The largest absolute Gasteiger partial charge is 0.475 e. The van der Waals surface area contributed by atoms with E-state index in [1.165, 1.54) is 4.90 Å². The lowest BCUT2D eigenvalue weighted by Crippen LogP contribution is -2.36. The maximum Gasteiger partial charge on any atom is 0.414 e. The molecule has 1 aromatic rings. The summed E-state index contributed by atoms with van der Waals surface area (Å²) >= 11 is 0. The molecule has 26 heavy (non-hydrogen) atoms. The van der Waals surface area contributed by atoms with Crippen molar-refractivity contribution in [3.05, 3.63) is 36.9 Å². The van der Waals surface area contributed by atoms with Crippen LogP contribution in [0.15, 0.2) is 36.9 Å². The van der Waals surface area contributed by atoms with Crippen molar-refractivity contribution in [2.75, 3.05) is 25.5 Å². The summed E-state index contributed by atoms with van der Waals surface area (Å²) in [6.45, 7) is 12.3. The number of ether oxygens (including phenoxy) is 2. The maximum absolute atomic E-state index is 12.2. The highest BCUT2D eigenvalue weighted by Crippen LogP contribution is 2.22. The Morgan fingerprint density at radius 1 is 1.23 bits per heavy atom. The predicted octanol–water partition coefficient (Wildman–Crippen LogP) is 5.07. The highest BCUT2D eigenvalue weighted by atomic mass is 16.6. The molecule has 0 saturated carbocycles. The van der Waals surface area contributed by atoms with E-state index in [4.69, 9.17) is 9.47 Å². The molecular weight excluding hydrogens is 328 g/mol. The first-order valence-electron chi connectivity index (χ1n) is 9.22. The van der Waals surface area contributed by atoms with Gasteiger partial charge < -0.3 is 9.47 Å². The number of amides is 1. The molecular formula is C21H34N2O3. The van der Waals surface area contributed by atoms with Crippen molar-refractivity contribution < 1.29 is 14.3 Å². The summed E-state index contributed by atoms with van der Waals surface area (Å²) in [6.07, 6.45) is 4.69. The van der Waals surface area contributed by atoms with Crippen molar-refractivity contribution in [1.29, 1.82) is 0 Å². The SMILES string of the molecule is C=CCN(C)C(CCCC)Oc1ccc(N(C)C(=O)OC(C)(C)C)cc1. The minimum absolute atomic E-state index is 0.00221. The highest BCUT2D eigenvalue weighted by molar-refractivity contribution is 5.87. The quantitative estimate of drug-likeness (QED) is 0.454. The van der Waals surface area contributed by atoms with Crippen LogP contribution in [0.2, 0.25) is 0 Å². The number of likely N-dealkylation sites (N-methyl/N-ethyl adjacent to an activating group) is 1. The number of carbonyl (C=O) groups is 1. The topological polar surface area (TPSA) is 42.0 Å². The van der Waals surface area contributed by atoms with E-state index < -0.39 is 5.60 Å².